The average Bonchev–Trinajstić information content (AvgIpc) is 2.28. The van der Waals surface area contributed by atoms with Crippen LogP contribution in [0.15, 0.2) is 18.2 Å². The van der Waals surface area contributed by atoms with E-state index >= 15 is 0 Å². The van der Waals surface area contributed by atoms with Crippen LogP contribution in [0.5, 0.6) is 0 Å². The predicted octanol–water partition coefficient (Wildman–Crippen LogP) is 3.14. The summed E-state index contributed by atoms with van der Waals surface area (Å²) in [6.07, 6.45) is 1.03. The first-order valence-electron chi connectivity index (χ1n) is 5.90. The van der Waals surface area contributed by atoms with E-state index in [4.69, 9.17) is 23.1 Å². The maximum atomic E-state index is 10.0. The monoisotopic (exact) mass is 292 g/mol. The number of hydrogen-bond donors (Lipinski definition) is 3. The van der Waals surface area contributed by atoms with Crippen molar-refractivity contribution in [2.45, 2.75) is 38.8 Å². The van der Waals surface area contributed by atoms with Crippen molar-refractivity contribution in [2.75, 3.05) is 5.73 Å². The number of halogens is 2. The van der Waals surface area contributed by atoms with Crippen molar-refractivity contribution in [3.8, 4) is 0 Å². The second-order valence-corrected chi connectivity index (χ2v) is 5.27. The Labute approximate surface area is 120 Å². The molecule has 0 heterocycles. The Morgan fingerprint density at radius 3 is 2.44 bits per heavy atom. The smallest absolute Gasteiger partial charge is 0.0733 e. The molecule has 1 rings (SSSR count). The fraction of sp³-hybridized carbons (Fsp3) is 0.538. The number of aliphatic hydroxyl groups excluding tert-OH is 1. The van der Waals surface area contributed by atoms with Crippen LogP contribution >= 0.6 is 24.0 Å². The zero-order chi connectivity index (χ0) is 13.0. The largest absolute Gasteiger partial charge is 0.398 e. The lowest BCUT2D eigenvalue weighted by Gasteiger charge is -2.21. The molecule has 2 atom stereocenters. The van der Waals surface area contributed by atoms with Crippen LogP contribution in [0.2, 0.25) is 5.02 Å². The molecule has 0 saturated carbocycles. The number of benzene rings is 1. The van der Waals surface area contributed by atoms with E-state index in [2.05, 4.69) is 13.8 Å². The highest BCUT2D eigenvalue weighted by atomic mass is 35.5. The molecule has 5 heteroatoms. The Morgan fingerprint density at radius 1 is 1.28 bits per heavy atom. The molecule has 0 fully saturated rings. The van der Waals surface area contributed by atoms with Gasteiger partial charge in [0.1, 0.15) is 0 Å². The Hall–Kier alpha value is -0.480. The third-order valence-electron chi connectivity index (χ3n) is 2.86. The summed E-state index contributed by atoms with van der Waals surface area (Å²) in [5, 5.41) is 10.6. The maximum absolute atomic E-state index is 10.0. The predicted molar refractivity (Wildman–Crippen MR) is 80.1 cm³/mol. The minimum Gasteiger partial charge on any atom is -0.398 e. The van der Waals surface area contributed by atoms with Gasteiger partial charge in [0.15, 0.2) is 0 Å². The number of nitrogen functional groups attached to an aromatic ring is 1. The van der Waals surface area contributed by atoms with E-state index in [1.807, 2.05) is 0 Å². The van der Waals surface area contributed by atoms with Gasteiger partial charge in [0, 0.05) is 10.7 Å². The van der Waals surface area contributed by atoms with Crippen molar-refractivity contribution in [1.29, 1.82) is 0 Å². The van der Waals surface area contributed by atoms with E-state index in [9.17, 15) is 5.11 Å². The van der Waals surface area contributed by atoms with Crippen LogP contribution in [0, 0.1) is 5.92 Å². The molecule has 0 unspecified atom stereocenters. The lowest BCUT2D eigenvalue weighted by Crippen LogP contribution is -2.27. The Bertz CT molecular complexity index is 372. The minimum atomic E-state index is -0.585. The summed E-state index contributed by atoms with van der Waals surface area (Å²) in [5.74, 6) is 0.550. The van der Waals surface area contributed by atoms with Crippen LogP contribution in [-0.4, -0.2) is 11.2 Å². The molecule has 1 aromatic carbocycles. The molecule has 0 aliphatic rings. The molecule has 5 N–H and O–H groups in total. The molecule has 1 aromatic rings. The quantitative estimate of drug-likeness (QED) is 0.730. The fourth-order valence-electron chi connectivity index (χ4n) is 1.73. The summed E-state index contributed by atoms with van der Waals surface area (Å²) in [7, 11) is 0. The van der Waals surface area contributed by atoms with Crippen molar-refractivity contribution < 1.29 is 5.11 Å². The van der Waals surface area contributed by atoms with Crippen LogP contribution in [0.3, 0.4) is 0 Å². The second-order valence-electron chi connectivity index (χ2n) is 4.84. The van der Waals surface area contributed by atoms with E-state index in [0.717, 1.165) is 6.42 Å². The van der Waals surface area contributed by atoms with Crippen molar-refractivity contribution in [3.05, 3.63) is 28.8 Å². The van der Waals surface area contributed by atoms with Crippen molar-refractivity contribution in [1.82, 2.24) is 0 Å². The molecule has 0 spiro atoms. The van der Waals surface area contributed by atoms with Gasteiger partial charge < -0.3 is 16.6 Å². The van der Waals surface area contributed by atoms with Crippen LogP contribution in [-0.2, 0) is 0 Å². The van der Waals surface area contributed by atoms with E-state index in [1.165, 1.54) is 0 Å². The van der Waals surface area contributed by atoms with E-state index in [0.29, 0.717) is 28.6 Å². The highest BCUT2D eigenvalue weighted by Crippen LogP contribution is 2.26. The van der Waals surface area contributed by atoms with Crippen LogP contribution in [0.25, 0.3) is 0 Å². The SMILES string of the molecule is CC(C)CC[C@H](O)[C@H](N)c1cc(Cl)ccc1N.Cl. The summed E-state index contributed by atoms with van der Waals surface area (Å²) in [6, 6.07) is 4.67. The van der Waals surface area contributed by atoms with Gasteiger partial charge in [-0.25, -0.2) is 0 Å². The standard InChI is InChI=1S/C13H21ClN2O.ClH/c1-8(2)3-6-12(17)13(16)10-7-9(14)4-5-11(10)15;/h4-5,7-8,12-13,17H,3,6,15-16H2,1-2H3;1H/t12-,13+;/m0./s1. The lowest BCUT2D eigenvalue weighted by molar-refractivity contribution is 0.128. The van der Waals surface area contributed by atoms with Gasteiger partial charge in [-0.1, -0.05) is 25.4 Å². The molecular formula is C13H22Cl2N2O. The zero-order valence-corrected chi connectivity index (χ0v) is 12.3. The van der Waals surface area contributed by atoms with Gasteiger partial charge in [-0.15, -0.1) is 12.4 Å². The van der Waals surface area contributed by atoms with E-state index in [-0.39, 0.29) is 12.4 Å². The minimum absolute atomic E-state index is 0. The molecule has 18 heavy (non-hydrogen) atoms. The number of rotatable bonds is 5. The third kappa shape index (κ3) is 5.02. The lowest BCUT2D eigenvalue weighted by atomic mass is 9.95. The first-order chi connectivity index (χ1) is 7.91. The summed E-state index contributed by atoms with van der Waals surface area (Å²) in [4.78, 5) is 0. The zero-order valence-electron chi connectivity index (χ0n) is 10.8. The van der Waals surface area contributed by atoms with Crippen LogP contribution < -0.4 is 11.5 Å². The van der Waals surface area contributed by atoms with Gasteiger partial charge in [0.05, 0.1) is 12.1 Å². The molecule has 0 saturated heterocycles. The van der Waals surface area contributed by atoms with E-state index in [1.54, 1.807) is 18.2 Å². The topological polar surface area (TPSA) is 72.3 Å². The highest BCUT2D eigenvalue weighted by molar-refractivity contribution is 6.30. The average molecular weight is 293 g/mol. The Kier molecular flexibility index (Phi) is 7.64. The van der Waals surface area contributed by atoms with Crippen molar-refractivity contribution >= 4 is 29.7 Å². The molecular weight excluding hydrogens is 271 g/mol. The van der Waals surface area contributed by atoms with Gasteiger partial charge in [-0.3, -0.25) is 0 Å². The number of nitrogens with two attached hydrogens (primary N) is 2. The van der Waals surface area contributed by atoms with Gasteiger partial charge in [-0.2, -0.15) is 0 Å². The number of anilines is 1. The summed E-state index contributed by atoms with van der Waals surface area (Å²) in [6.45, 7) is 4.23. The van der Waals surface area contributed by atoms with Gasteiger partial charge in [0.2, 0.25) is 0 Å². The van der Waals surface area contributed by atoms with Gasteiger partial charge in [0.25, 0.3) is 0 Å². The van der Waals surface area contributed by atoms with Crippen molar-refractivity contribution in [3.63, 3.8) is 0 Å². The molecule has 0 aliphatic heterocycles. The molecule has 0 aliphatic carbocycles. The highest BCUT2D eigenvalue weighted by Gasteiger charge is 2.19. The summed E-state index contributed by atoms with van der Waals surface area (Å²) < 4.78 is 0. The molecule has 104 valence electrons. The Morgan fingerprint density at radius 2 is 1.89 bits per heavy atom. The summed E-state index contributed by atoms with van der Waals surface area (Å²) in [5.41, 5.74) is 13.1. The molecule has 0 radical (unpaired) electrons. The molecule has 0 aromatic heterocycles. The normalized spacial score (nSPS) is 14.1. The van der Waals surface area contributed by atoms with E-state index < -0.39 is 12.1 Å². The maximum Gasteiger partial charge on any atom is 0.0733 e. The van der Waals surface area contributed by atoms with Crippen LogP contribution in [0.4, 0.5) is 5.69 Å². The first-order valence-corrected chi connectivity index (χ1v) is 6.28. The second kappa shape index (κ2) is 7.85. The number of aliphatic hydroxyl groups is 1. The van der Waals surface area contributed by atoms with Crippen LogP contribution in [0.1, 0.15) is 38.3 Å². The fourth-order valence-corrected chi connectivity index (χ4v) is 1.91. The summed E-state index contributed by atoms with van der Waals surface area (Å²) >= 11 is 5.90. The molecule has 0 amide bonds. The Balaban J connectivity index is 0.00000289. The third-order valence-corrected chi connectivity index (χ3v) is 3.10. The first kappa shape index (κ1) is 17.5. The van der Waals surface area contributed by atoms with Crippen molar-refractivity contribution in [2.24, 2.45) is 11.7 Å². The molecule has 3 nitrogen and oxygen atoms in total. The number of hydrogen-bond acceptors (Lipinski definition) is 3. The van der Waals surface area contributed by atoms with Gasteiger partial charge in [-0.05, 0) is 42.5 Å². The van der Waals surface area contributed by atoms with Gasteiger partial charge >= 0.3 is 0 Å². The molecule has 0 bridgehead atoms.